The van der Waals surface area contributed by atoms with E-state index in [1.165, 1.54) is 0 Å². The van der Waals surface area contributed by atoms with Gasteiger partial charge in [-0.1, -0.05) is 20.3 Å². The van der Waals surface area contributed by atoms with Gasteiger partial charge in [0, 0.05) is 0 Å². The molecule has 0 spiro atoms. The minimum atomic E-state index is -1.24. The highest BCUT2D eigenvalue weighted by Crippen LogP contribution is 1.92. The Morgan fingerprint density at radius 3 is 1.87 bits per heavy atom. The molecular formula is C10H16O5. The van der Waals surface area contributed by atoms with Crippen LogP contribution in [0.2, 0.25) is 0 Å². The number of unbranched alkanes of at least 4 members (excludes halogenated alkanes) is 1. The smallest absolute Gasteiger partial charge is 0.386 e. The van der Waals surface area contributed by atoms with Crippen molar-refractivity contribution >= 4 is 17.7 Å². The summed E-state index contributed by atoms with van der Waals surface area (Å²) in [6.45, 7) is 4.00. The van der Waals surface area contributed by atoms with Gasteiger partial charge in [0.15, 0.2) is 0 Å². The van der Waals surface area contributed by atoms with Gasteiger partial charge in [0.2, 0.25) is 0 Å². The molecule has 0 saturated carbocycles. The molecule has 0 fully saturated rings. The van der Waals surface area contributed by atoms with Crippen LogP contribution in [0, 0.1) is 0 Å². The zero-order valence-electron chi connectivity index (χ0n) is 9.08. The molecule has 0 radical (unpaired) electrons. The minimum Gasteiger partial charge on any atom is -0.460 e. The van der Waals surface area contributed by atoms with Crippen LogP contribution in [0.15, 0.2) is 0 Å². The molecule has 5 nitrogen and oxygen atoms in total. The van der Waals surface area contributed by atoms with E-state index in [9.17, 15) is 14.4 Å². The zero-order valence-corrected chi connectivity index (χ0v) is 9.08. The van der Waals surface area contributed by atoms with Crippen LogP contribution >= 0.6 is 0 Å². The molecule has 0 atom stereocenters. The van der Waals surface area contributed by atoms with E-state index in [-0.39, 0.29) is 13.2 Å². The minimum absolute atomic E-state index is 0.132. The molecule has 0 aliphatic heterocycles. The highest BCUT2D eigenvalue weighted by atomic mass is 16.6. The normalized spacial score (nSPS) is 9.47. The van der Waals surface area contributed by atoms with Crippen molar-refractivity contribution in [3.8, 4) is 0 Å². The summed E-state index contributed by atoms with van der Waals surface area (Å²) in [5, 5.41) is 0. The Bertz CT molecular complexity index is 234. The fourth-order valence-corrected chi connectivity index (χ4v) is 0.718. The fraction of sp³-hybridized carbons (Fsp3) is 0.700. The maximum Gasteiger partial charge on any atom is 0.386 e. The Morgan fingerprint density at radius 1 is 0.867 bits per heavy atom. The number of hydrogen-bond donors (Lipinski definition) is 0. The number of ether oxygens (including phenoxy) is 2. The average molecular weight is 216 g/mol. The Kier molecular flexibility index (Phi) is 7.23. The molecule has 0 bridgehead atoms. The van der Waals surface area contributed by atoms with E-state index in [2.05, 4.69) is 9.47 Å². The molecule has 0 aliphatic rings. The Morgan fingerprint density at radius 2 is 1.40 bits per heavy atom. The molecule has 0 unspecified atom stereocenters. The highest BCUT2D eigenvalue weighted by molar-refractivity contribution is 6.60. The quantitative estimate of drug-likeness (QED) is 0.273. The molecule has 0 aromatic carbocycles. The lowest BCUT2D eigenvalue weighted by atomic mass is 10.3. The van der Waals surface area contributed by atoms with Crippen LogP contribution in [0.3, 0.4) is 0 Å². The molecule has 0 rings (SSSR count). The van der Waals surface area contributed by atoms with Gasteiger partial charge in [0.05, 0.1) is 13.2 Å². The third-order valence-electron chi connectivity index (χ3n) is 1.54. The Hall–Kier alpha value is -1.39. The number of carbonyl (C=O) groups excluding carboxylic acids is 3. The standard InChI is InChI=1S/C10H16O5/c1-3-5-7-15-10(13)8(11)9(12)14-6-4-2/h3-7H2,1-2H3. The average Bonchev–Trinajstić information content (AvgIpc) is 2.24. The van der Waals surface area contributed by atoms with E-state index in [0.29, 0.717) is 12.8 Å². The first-order chi connectivity index (χ1) is 7.13. The summed E-state index contributed by atoms with van der Waals surface area (Å²) in [6, 6.07) is 0. The molecule has 86 valence electrons. The van der Waals surface area contributed by atoms with Crippen molar-refractivity contribution in [2.24, 2.45) is 0 Å². The molecule has 0 amide bonds. The Balaban J connectivity index is 3.86. The number of rotatable bonds is 7. The van der Waals surface area contributed by atoms with Crippen molar-refractivity contribution in [2.75, 3.05) is 13.2 Å². The van der Waals surface area contributed by atoms with Gasteiger partial charge in [0.1, 0.15) is 0 Å². The first-order valence-corrected chi connectivity index (χ1v) is 5.01. The van der Waals surface area contributed by atoms with Gasteiger partial charge >= 0.3 is 17.7 Å². The van der Waals surface area contributed by atoms with E-state index >= 15 is 0 Å². The third kappa shape index (κ3) is 5.83. The van der Waals surface area contributed by atoms with Crippen molar-refractivity contribution in [1.29, 1.82) is 0 Å². The summed E-state index contributed by atoms with van der Waals surface area (Å²) in [5.41, 5.74) is 0. The number of esters is 2. The molecule has 0 aromatic rings. The molecule has 0 N–H and O–H groups in total. The van der Waals surface area contributed by atoms with Crippen LogP contribution in [-0.2, 0) is 23.9 Å². The van der Waals surface area contributed by atoms with E-state index in [1.807, 2.05) is 6.92 Å². The van der Waals surface area contributed by atoms with E-state index < -0.39 is 17.7 Å². The zero-order chi connectivity index (χ0) is 11.7. The predicted octanol–water partition coefficient (Wildman–Crippen LogP) is 0.852. The van der Waals surface area contributed by atoms with E-state index in [4.69, 9.17) is 0 Å². The maximum atomic E-state index is 11.0. The van der Waals surface area contributed by atoms with Crippen molar-refractivity contribution in [3.63, 3.8) is 0 Å². The van der Waals surface area contributed by atoms with Crippen molar-refractivity contribution in [3.05, 3.63) is 0 Å². The lowest BCUT2D eigenvalue weighted by Gasteiger charge is -2.02. The SMILES string of the molecule is CCCCOC(=O)C(=O)C(=O)OCCC. The topological polar surface area (TPSA) is 69.7 Å². The third-order valence-corrected chi connectivity index (χ3v) is 1.54. The number of ketones is 1. The summed E-state index contributed by atoms with van der Waals surface area (Å²) >= 11 is 0. The largest absolute Gasteiger partial charge is 0.460 e. The summed E-state index contributed by atoms with van der Waals surface area (Å²) in [6.07, 6.45) is 2.12. The molecule has 0 heterocycles. The molecule has 0 aromatic heterocycles. The Labute approximate surface area is 88.7 Å². The number of carbonyl (C=O) groups is 3. The van der Waals surface area contributed by atoms with Gasteiger partial charge in [-0.25, -0.2) is 9.59 Å². The van der Waals surface area contributed by atoms with Crippen molar-refractivity contribution in [1.82, 2.24) is 0 Å². The second kappa shape index (κ2) is 7.96. The first kappa shape index (κ1) is 13.6. The van der Waals surface area contributed by atoms with E-state index in [1.54, 1.807) is 6.92 Å². The molecule has 15 heavy (non-hydrogen) atoms. The van der Waals surface area contributed by atoms with Crippen LogP contribution in [0.5, 0.6) is 0 Å². The van der Waals surface area contributed by atoms with Crippen LogP contribution in [0.4, 0.5) is 0 Å². The summed E-state index contributed by atoms with van der Waals surface area (Å²) in [5.74, 6) is -3.51. The first-order valence-electron chi connectivity index (χ1n) is 5.01. The molecule has 5 heteroatoms. The van der Waals surface area contributed by atoms with Gasteiger partial charge in [-0.15, -0.1) is 0 Å². The number of Topliss-reactive ketones (excluding diaryl/α,β-unsaturated/α-hetero) is 1. The highest BCUT2D eigenvalue weighted by Gasteiger charge is 2.25. The maximum absolute atomic E-state index is 11.0. The summed E-state index contributed by atoms with van der Waals surface area (Å²) in [4.78, 5) is 32.8. The van der Waals surface area contributed by atoms with Gasteiger partial charge < -0.3 is 9.47 Å². The summed E-state index contributed by atoms with van der Waals surface area (Å²) < 4.78 is 9.05. The van der Waals surface area contributed by atoms with Crippen LogP contribution in [-0.4, -0.2) is 30.9 Å². The van der Waals surface area contributed by atoms with Crippen LogP contribution in [0.1, 0.15) is 33.1 Å². The van der Waals surface area contributed by atoms with Gasteiger partial charge in [0.25, 0.3) is 0 Å². The second-order valence-electron chi connectivity index (χ2n) is 2.95. The van der Waals surface area contributed by atoms with Gasteiger partial charge in [-0.05, 0) is 12.8 Å². The second-order valence-corrected chi connectivity index (χ2v) is 2.95. The van der Waals surface area contributed by atoms with Crippen LogP contribution in [0.25, 0.3) is 0 Å². The van der Waals surface area contributed by atoms with Crippen LogP contribution < -0.4 is 0 Å². The van der Waals surface area contributed by atoms with Crippen molar-refractivity contribution in [2.45, 2.75) is 33.1 Å². The molecular weight excluding hydrogens is 200 g/mol. The lowest BCUT2D eigenvalue weighted by molar-refractivity contribution is -0.164. The molecule has 0 saturated heterocycles. The number of hydrogen-bond acceptors (Lipinski definition) is 5. The predicted molar refractivity (Wildman–Crippen MR) is 52.1 cm³/mol. The van der Waals surface area contributed by atoms with Gasteiger partial charge in [-0.3, -0.25) is 4.79 Å². The monoisotopic (exact) mass is 216 g/mol. The van der Waals surface area contributed by atoms with Crippen molar-refractivity contribution < 1.29 is 23.9 Å². The lowest BCUT2D eigenvalue weighted by Crippen LogP contribution is -2.28. The summed E-state index contributed by atoms with van der Waals surface area (Å²) in [7, 11) is 0. The molecule has 0 aliphatic carbocycles. The fourth-order valence-electron chi connectivity index (χ4n) is 0.718. The van der Waals surface area contributed by atoms with E-state index in [0.717, 1.165) is 6.42 Å². The van der Waals surface area contributed by atoms with Gasteiger partial charge in [-0.2, -0.15) is 0 Å².